The van der Waals surface area contributed by atoms with E-state index < -0.39 is 39.9 Å². The molecule has 0 spiro atoms. The van der Waals surface area contributed by atoms with E-state index in [4.69, 9.17) is 0 Å². The monoisotopic (exact) mass is 311 g/mol. The van der Waals surface area contributed by atoms with Crippen LogP contribution in [0.5, 0.6) is 5.88 Å². The number of pyridine rings is 1. The number of carbonyl (C=O) groups is 1. The molecule has 0 aromatic carbocycles. The molecule has 1 rings (SSSR count). The molecule has 0 aliphatic rings. The minimum atomic E-state index is -4.24. The Morgan fingerprint density at radius 2 is 2.20 bits per heavy atom. The van der Waals surface area contributed by atoms with Crippen molar-refractivity contribution in [2.24, 2.45) is 0 Å². The molecule has 0 fully saturated rings. The zero-order chi connectivity index (χ0) is 15.2. The summed E-state index contributed by atoms with van der Waals surface area (Å²) in [5, 5.41) is 0. The average Bonchev–Trinajstić information content (AvgIpc) is 2.42. The number of alkyl halides is 2. The first-order chi connectivity index (χ1) is 9.36. The van der Waals surface area contributed by atoms with Crippen molar-refractivity contribution >= 4 is 16.1 Å². The first-order valence-electron chi connectivity index (χ1n) is 5.08. The Bertz CT molecular complexity index is 566. The lowest BCUT2D eigenvalue weighted by molar-refractivity contribution is 0.0779. The molecule has 0 aliphatic carbocycles. The minimum Gasteiger partial charge on any atom is -0.471 e. The normalized spacial score (nSPS) is 11.2. The molecule has 1 aromatic rings. The molecule has 1 amide bonds. The van der Waals surface area contributed by atoms with Gasteiger partial charge in [0.25, 0.3) is 16.4 Å². The highest BCUT2D eigenvalue weighted by molar-refractivity contribution is 7.89. The fraction of sp³-hybridized carbons (Fsp3) is 0.333. The molecule has 0 atom stereocenters. The average molecular weight is 311 g/mol. The molecule has 0 radical (unpaired) electrons. The van der Waals surface area contributed by atoms with Crippen LogP contribution in [0.15, 0.2) is 23.2 Å². The van der Waals surface area contributed by atoms with Gasteiger partial charge in [-0.25, -0.2) is 32.4 Å². The second kappa shape index (κ2) is 6.96. The second-order valence-electron chi connectivity index (χ2n) is 3.23. The highest BCUT2D eigenvalue weighted by Crippen LogP contribution is 2.20. The molecule has 11 heteroatoms. The van der Waals surface area contributed by atoms with E-state index in [2.05, 4.69) is 14.5 Å². The minimum absolute atomic E-state index is 0.503. The number of aromatic nitrogens is 1. The molecule has 0 unspecified atom stereocenters. The van der Waals surface area contributed by atoms with Crippen LogP contribution in [-0.2, 0) is 14.8 Å². The van der Waals surface area contributed by atoms with Gasteiger partial charge in [0, 0.05) is 6.20 Å². The van der Waals surface area contributed by atoms with Crippen molar-refractivity contribution in [2.75, 3.05) is 13.7 Å². The molecule has 1 heterocycles. The van der Waals surface area contributed by atoms with Gasteiger partial charge in [-0.15, -0.1) is 4.83 Å². The number of halogens is 2. The third-order valence-electron chi connectivity index (χ3n) is 1.84. The molecule has 8 nitrogen and oxygen atoms in total. The van der Waals surface area contributed by atoms with Gasteiger partial charge < -0.3 is 9.47 Å². The summed E-state index contributed by atoms with van der Waals surface area (Å²) in [5.41, 5.74) is 1.73. The first kappa shape index (κ1) is 16.0. The Hall–Kier alpha value is -2.01. The molecular weight excluding hydrogens is 300 g/mol. The number of hydrogen-bond acceptors (Lipinski definition) is 6. The van der Waals surface area contributed by atoms with E-state index in [1.807, 2.05) is 0 Å². The van der Waals surface area contributed by atoms with E-state index in [-0.39, 0.29) is 0 Å². The van der Waals surface area contributed by atoms with Crippen LogP contribution < -0.4 is 15.0 Å². The summed E-state index contributed by atoms with van der Waals surface area (Å²) >= 11 is 0. The third-order valence-corrected chi connectivity index (χ3v) is 3.11. The predicted octanol–water partition coefficient (Wildman–Crippen LogP) is 0.275. The maximum absolute atomic E-state index is 12.1. The zero-order valence-corrected chi connectivity index (χ0v) is 11.0. The van der Waals surface area contributed by atoms with Gasteiger partial charge in [-0.3, -0.25) is 0 Å². The van der Waals surface area contributed by atoms with E-state index in [1.165, 1.54) is 12.3 Å². The Balaban J connectivity index is 2.91. The quantitative estimate of drug-likeness (QED) is 0.731. The summed E-state index contributed by atoms with van der Waals surface area (Å²) < 4.78 is 56.5. The second-order valence-corrected chi connectivity index (χ2v) is 4.88. The van der Waals surface area contributed by atoms with E-state index in [9.17, 15) is 22.0 Å². The number of hydrogen-bond donors (Lipinski definition) is 2. The molecule has 20 heavy (non-hydrogen) atoms. The largest absolute Gasteiger partial charge is 0.471 e. The third kappa shape index (κ3) is 4.59. The van der Waals surface area contributed by atoms with Crippen molar-refractivity contribution < 1.29 is 31.5 Å². The van der Waals surface area contributed by atoms with Crippen molar-refractivity contribution in [2.45, 2.75) is 11.3 Å². The number of ether oxygens (including phenoxy) is 2. The van der Waals surface area contributed by atoms with E-state index >= 15 is 0 Å². The number of carbonyl (C=O) groups excluding carboxylic acids is 1. The number of nitrogens with zero attached hydrogens (tertiary/aromatic N) is 1. The Morgan fingerprint density at radius 1 is 1.50 bits per heavy atom. The highest BCUT2D eigenvalue weighted by atomic mass is 32.2. The van der Waals surface area contributed by atoms with Crippen molar-refractivity contribution in [3.63, 3.8) is 0 Å². The smallest absolute Gasteiger partial charge is 0.422 e. The Kier molecular flexibility index (Phi) is 5.58. The lowest BCUT2D eigenvalue weighted by Crippen LogP contribution is -2.41. The van der Waals surface area contributed by atoms with Gasteiger partial charge in [0.05, 0.1) is 7.11 Å². The number of rotatable bonds is 6. The SMILES string of the molecule is COC(=O)NNS(=O)(=O)c1cccnc1OCC(F)F. The summed E-state index contributed by atoms with van der Waals surface area (Å²) in [6.07, 6.45) is -2.66. The van der Waals surface area contributed by atoms with Crippen LogP contribution in [0.3, 0.4) is 0 Å². The predicted molar refractivity (Wildman–Crippen MR) is 61.6 cm³/mol. The fourth-order valence-corrected chi connectivity index (χ4v) is 1.97. The van der Waals surface area contributed by atoms with Crippen molar-refractivity contribution in [3.05, 3.63) is 18.3 Å². The van der Waals surface area contributed by atoms with Crippen molar-refractivity contribution in [1.82, 2.24) is 15.2 Å². The van der Waals surface area contributed by atoms with Crippen LogP contribution in [0.4, 0.5) is 13.6 Å². The van der Waals surface area contributed by atoms with Gasteiger partial charge >= 0.3 is 6.09 Å². The number of methoxy groups -OCH3 is 1. The maximum Gasteiger partial charge on any atom is 0.422 e. The van der Waals surface area contributed by atoms with Crippen molar-refractivity contribution in [3.8, 4) is 5.88 Å². The van der Waals surface area contributed by atoms with Crippen LogP contribution in [0.2, 0.25) is 0 Å². The molecule has 0 saturated heterocycles. The molecular formula is C9H11F2N3O5S. The van der Waals surface area contributed by atoms with Crippen LogP contribution >= 0.6 is 0 Å². The van der Waals surface area contributed by atoms with E-state index in [0.29, 0.717) is 0 Å². The first-order valence-corrected chi connectivity index (χ1v) is 6.57. The summed E-state index contributed by atoms with van der Waals surface area (Å²) in [5.74, 6) is -0.507. The lowest BCUT2D eigenvalue weighted by Gasteiger charge is -2.11. The maximum atomic E-state index is 12.1. The molecule has 1 aromatic heterocycles. The summed E-state index contributed by atoms with van der Waals surface area (Å²) in [7, 11) is -3.21. The molecule has 2 N–H and O–H groups in total. The molecule has 0 aliphatic heterocycles. The number of amides is 1. The lowest BCUT2D eigenvalue weighted by atomic mass is 10.5. The van der Waals surface area contributed by atoms with Gasteiger partial charge in [-0.1, -0.05) is 0 Å². The highest BCUT2D eigenvalue weighted by Gasteiger charge is 2.22. The van der Waals surface area contributed by atoms with Gasteiger partial charge in [0.1, 0.15) is 4.90 Å². The van der Waals surface area contributed by atoms with Gasteiger partial charge in [-0.2, -0.15) is 0 Å². The number of sulfonamides is 1. The summed E-state index contributed by atoms with van der Waals surface area (Å²) in [6.45, 7) is -1.01. The van der Waals surface area contributed by atoms with Crippen LogP contribution in [-0.4, -0.2) is 39.6 Å². The Labute approximate surface area is 113 Å². The van der Waals surface area contributed by atoms with Crippen LogP contribution in [0.1, 0.15) is 0 Å². The number of nitrogens with one attached hydrogen (secondary N) is 2. The molecule has 0 bridgehead atoms. The number of hydrazine groups is 1. The van der Waals surface area contributed by atoms with Crippen molar-refractivity contribution in [1.29, 1.82) is 0 Å². The summed E-state index contributed by atoms with van der Waals surface area (Å²) in [6, 6.07) is 2.34. The van der Waals surface area contributed by atoms with Gasteiger partial charge in [0.15, 0.2) is 6.61 Å². The van der Waals surface area contributed by atoms with E-state index in [1.54, 1.807) is 10.3 Å². The standard InChI is InChI=1S/C9H11F2N3O5S/c1-18-9(15)13-14-20(16,17)6-3-2-4-12-8(6)19-5-7(10)11/h2-4,7,14H,5H2,1H3,(H,13,15). The van der Waals surface area contributed by atoms with Gasteiger partial charge in [-0.05, 0) is 12.1 Å². The molecule has 112 valence electrons. The van der Waals surface area contributed by atoms with Crippen LogP contribution in [0, 0.1) is 0 Å². The fourth-order valence-electron chi connectivity index (χ4n) is 1.05. The Morgan fingerprint density at radius 3 is 2.80 bits per heavy atom. The topological polar surface area (TPSA) is 107 Å². The van der Waals surface area contributed by atoms with Gasteiger partial charge in [0.2, 0.25) is 5.88 Å². The summed E-state index contributed by atoms with van der Waals surface area (Å²) in [4.78, 5) is 15.5. The van der Waals surface area contributed by atoms with Crippen LogP contribution in [0.25, 0.3) is 0 Å². The zero-order valence-electron chi connectivity index (χ0n) is 10.2. The van der Waals surface area contributed by atoms with E-state index in [0.717, 1.165) is 13.2 Å². The molecule has 0 saturated carbocycles.